The Morgan fingerprint density at radius 2 is 2.04 bits per heavy atom. The molecule has 1 heterocycles. The summed E-state index contributed by atoms with van der Waals surface area (Å²) in [6, 6.07) is 5.93. The SMILES string of the molecule is C[C@@]12CC[C@@H]3C[C@@]1(C(=O)Nc1ccc([N+](=O)[O-])cc1)OC[C@@]32C. The molecule has 0 radical (unpaired) electrons. The van der Waals surface area contributed by atoms with Crippen molar-refractivity contribution in [2.45, 2.75) is 38.7 Å². The zero-order valence-corrected chi connectivity index (χ0v) is 13.3. The second-order valence-electron chi connectivity index (χ2n) is 7.56. The van der Waals surface area contributed by atoms with E-state index < -0.39 is 10.5 Å². The number of hydrogen-bond donors (Lipinski definition) is 1. The lowest BCUT2D eigenvalue weighted by Gasteiger charge is -2.39. The van der Waals surface area contributed by atoms with E-state index in [0.29, 0.717) is 18.2 Å². The van der Waals surface area contributed by atoms with Gasteiger partial charge >= 0.3 is 0 Å². The van der Waals surface area contributed by atoms with Crippen molar-refractivity contribution < 1.29 is 14.5 Å². The number of carbonyl (C=O) groups is 1. The summed E-state index contributed by atoms with van der Waals surface area (Å²) in [5, 5.41) is 13.6. The fourth-order valence-electron chi connectivity index (χ4n) is 5.16. The van der Waals surface area contributed by atoms with Crippen molar-refractivity contribution in [2.24, 2.45) is 16.7 Å². The molecule has 4 rings (SSSR count). The van der Waals surface area contributed by atoms with Gasteiger partial charge in [0.25, 0.3) is 11.6 Å². The fourth-order valence-corrected chi connectivity index (χ4v) is 5.16. The molecule has 6 heteroatoms. The first-order valence-corrected chi connectivity index (χ1v) is 8.02. The van der Waals surface area contributed by atoms with Gasteiger partial charge in [-0.15, -0.1) is 0 Å². The second kappa shape index (κ2) is 4.32. The number of anilines is 1. The summed E-state index contributed by atoms with van der Waals surface area (Å²) in [4.78, 5) is 23.2. The molecule has 3 aliphatic rings. The Bertz CT molecular complexity index is 703. The predicted molar refractivity (Wildman–Crippen MR) is 84.0 cm³/mol. The average Bonchev–Trinajstić information content (AvgIpc) is 2.99. The molecule has 1 N–H and O–H groups in total. The number of ether oxygens (including phenoxy) is 1. The number of carbonyl (C=O) groups excluding carboxylic acids is 1. The van der Waals surface area contributed by atoms with Crippen LogP contribution in [0.3, 0.4) is 0 Å². The lowest BCUT2D eigenvalue weighted by Crippen LogP contribution is -2.52. The fraction of sp³-hybridized carbons (Fsp3) is 0.588. The smallest absolute Gasteiger partial charge is 0.269 e. The van der Waals surface area contributed by atoms with Gasteiger partial charge in [0.2, 0.25) is 0 Å². The summed E-state index contributed by atoms with van der Waals surface area (Å²) in [5.74, 6) is 0.434. The number of nitrogens with zero attached hydrogens (tertiary/aromatic N) is 1. The van der Waals surface area contributed by atoms with Gasteiger partial charge in [0.15, 0.2) is 5.60 Å². The van der Waals surface area contributed by atoms with E-state index in [0.717, 1.165) is 12.8 Å². The average molecular weight is 316 g/mol. The Morgan fingerprint density at radius 1 is 1.35 bits per heavy atom. The maximum atomic E-state index is 13.0. The quantitative estimate of drug-likeness (QED) is 0.686. The zero-order chi connectivity index (χ0) is 16.5. The van der Waals surface area contributed by atoms with Gasteiger partial charge in [-0.1, -0.05) is 13.8 Å². The molecular weight excluding hydrogens is 296 g/mol. The highest BCUT2D eigenvalue weighted by Crippen LogP contribution is 2.75. The molecule has 1 saturated heterocycles. The molecule has 122 valence electrons. The van der Waals surface area contributed by atoms with Crippen LogP contribution in [0.2, 0.25) is 0 Å². The van der Waals surface area contributed by atoms with E-state index in [-0.39, 0.29) is 22.4 Å². The number of rotatable bonds is 3. The maximum Gasteiger partial charge on any atom is 0.269 e. The summed E-state index contributed by atoms with van der Waals surface area (Å²) >= 11 is 0. The highest BCUT2D eigenvalue weighted by molar-refractivity contribution is 5.99. The molecule has 0 unspecified atom stereocenters. The Hall–Kier alpha value is -1.95. The minimum Gasteiger partial charge on any atom is -0.364 e. The van der Waals surface area contributed by atoms with Crippen molar-refractivity contribution in [3.8, 4) is 0 Å². The minimum absolute atomic E-state index is 0.0118. The van der Waals surface area contributed by atoms with E-state index in [1.807, 2.05) is 0 Å². The predicted octanol–water partition coefficient (Wildman–Crippen LogP) is 3.13. The summed E-state index contributed by atoms with van der Waals surface area (Å²) in [6.45, 7) is 5.07. The molecular formula is C17H20N2O4. The van der Waals surface area contributed by atoms with Gasteiger partial charge in [-0.05, 0) is 37.3 Å². The summed E-state index contributed by atoms with van der Waals surface area (Å²) in [7, 11) is 0. The van der Waals surface area contributed by atoms with Crippen LogP contribution in [0.1, 0.15) is 33.1 Å². The molecule has 3 fully saturated rings. The van der Waals surface area contributed by atoms with Gasteiger partial charge < -0.3 is 10.1 Å². The van der Waals surface area contributed by atoms with Crippen LogP contribution in [0, 0.1) is 26.9 Å². The zero-order valence-electron chi connectivity index (χ0n) is 13.3. The number of nitrogens with one attached hydrogen (secondary N) is 1. The lowest BCUT2D eigenvalue weighted by molar-refractivity contribution is -0.384. The highest BCUT2D eigenvalue weighted by Gasteiger charge is 2.78. The molecule has 23 heavy (non-hydrogen) atoms. The van der Waals surface area contributed by atoms with E-state index in [1.165, 1.54) is 18.6 Å². The van der Waals surface area contributed by atoms with Gasteiger partial charge in [-0.3, -0.25) is 14.9 Å². The first-order chi connectivity index (χ1) is 10.8. The summed E-state index contributed by atoms with van der Waals surface area (Å²) in [6.07, 6.45) is 2.96. The Kier molecular flexibility index (Phi) is 2.75. The molecule has 0 aromatic heterocycles. The largest absolute Gasteiger partial charge is 0.364 e. The standard InChI is InChI=1S/C17H20N2O4/c1-15-10-23-17(9-11(15)7-8-16(15,17)2)14(20)18-12-3-5-13(6-4-12)19(21)22/h3-6,11H,7-10H2,1-2H3,(H,18,20)/t11-,15+,16+,17+/m1/s1. The van der Waals surface area contributed by atoms with E-state index in [2.05, 4.69) is 19.2 Å². The molecule has 2 saturated carbocycles. The lowest BCUT2D eigenvalue weighted by atomic mass is 9.66. The third-order valence-electron chi connectivity index (χ3n) is 6.90. The highest BCUT2D eigenvalue weighted by atomic mass is 16.6. The van der Waals surface area contributed by atoms with Crippen LogP contribution in [-0.4, -0.2) is 23.0 Å². The molecule has 6 nitrogen and oxygen atoms in total. The van der Waals surface area contributed by atoms with E-state index in [9.17, 15) is 14.9 Å². The van der Waals surface area contributed by atoms with E-state index in [1.54, 1.807) is 12.1 Å². The molecule has 2 aliphatic carbocycles. The van der Waals surface area contributed by atoms with E-state index in [4.69, 9.17) is 4.74 Å². The molecule has 4 bridgehead atoms. The van der Waals surface area contributed by atoms with E-state index >= 15 is 0 Å². The monoisotopic (exact) mass is 316 g/mol. The number of benzene rings is 1. The maximum absolute atomic E-state index is 13.0. The Labute approximate surface area is 134 Å². The molecule has 4 atom stereocenters. The summed E-state index contributed by atoms with van der Waals surface area (Å²) in [5.41, 5.74) is -0.224. The third-order valence-corrected chi connectivity index (χ3v) is 6.90. The number of hydrogen-bond acceptors (Lipinski definition) is 4. The van der Waals surface area contributed by atoms with Gasteiger partial charge in [0.1, 0.15) is 0 Å². The van der Waals surface area contributed by atoms with Crippen molar-refractivity contribution in [2.75, 3.05) is 11.9 Å². The molecule has 1 aromatic carbocycles. The molecule has 1 amide bonds. The molecule has 0 spiro atoms. The third kappa shape index (κ3) is 1.59. The van der Waals surface area contributed by atoms with Crippen molar-refractivity contribution >= 4 is 17.3 Å². The Morgan fingerprint density at radius 3 is 2.61 bits per heavy atom. The van der Waals surface area contributed by atoms with Gasteiger partial charge in [0, 0.05) is 28.7 Å². The van der Waals surface area contributed by atoms with Crippen LogP contribution in [0.25, 0.3) is 0 Å². The summed E-state index contributed by atoms with van der Waals surface area (Å²) < 4.78 is 6.06. The van der Waals surface area contributed by atoms with Crippen molar-refractivity contribution in [3.63, 3.8) is 0 Å². The topological polar surface area (TPSA) is 81.5 Å². The normalized spacial score (nSPS) is 40.3. The van der Waals surface area contributed by atoms with Crippen LogP contribution in [-0.2, 0) is 9.53 Å². The number of non-ortho nitro benzene ring substituents is 1. The van der Waals surface area contributed by atoms with Gasteiger partial charge in [-0.25, -0.2) is 0 Å². The first kappa shape index (κ1) is 14.6. The number of nitro benzene ring substituents is 1. The van der Waals surface area contributed by atoms with Gasteiger partial charge in [-0.2, -0.15) is 0 Å². The van der Waals surface area contributed by atoms with Crippen LogP contribution in [0.4, 0.5) is 11.4 Å². The number of nitro groups is 1. The van der Waals surface area contributed by atoms with Crippen LogP contribution >= 0.6 is 0 Å². The Balaban J connectivity index is 1.60. The molecule has 1 aliphatic heterocycles. The van der Waals surface area contributed by atoms with Crippen LogP contribution in [0.15, 0.2) is 24.3 Å². The molecule has 1 aromatic rings. The number of amides is 1. The second-order valence-corrected chi connectivity index (χ2v) is 7.56. The van der Waals surface area contributed by atoms with Crippen molar-refractivity contribution in [1.29, 1.82) is 0 Å². The van der Waals surface area contributed by atoms with Crippen LogP contribution in [0.5, 0.6) is 0 Å². The van der Waals surface area contributed by atoms with Crippen LogP contribution < -0.4 is 5.32 Å². The first-order valence-electron chi connectivity index (χ1n) is 8.02. The van der Waals surface area contributed by atoms with Crippen molar-refractivity contribution in [1.82, 2.24) is 0 Å². The van der Waals surface area contributed by atoms with Crippen molar-refractivity contribution in [3.05, 3.63) is 34.4 Å². The minimum atomic E-state index is -0.757. The van der Waals surface area contributed by atoms with Gasteiger partial charge in [0.05, 0.1) is 11.5 Å².